The third kappa shape index (κ3) is 28.3. The molecule has 0 bridgehead atoms. The Balaban J connectivity index is 3.28. The van der Waals surface area contributed by atoms with Gasteiger partial charge in [-0.3, -0.25) is 4.79 Å². The monoisotopic (exact) mass is 626 g/mol. The maximum Gasteiger partial charge on any atom is 0.310 e. The molecule has 0 aromatic rings. The van der Waals surface area contributed by atoms with Crippen molar-refractivity contribution in [2.45, 2.75) is 41.5 Å². The summed E-state index contributed by atoms with van der Waals surface area (Å²) < 4.78 is 59.3. The van der Waals surface area contributed by atoms with Gasteiger partial charge >= 0.3 is 5.97 Å². The first kappa shape index (κ1) is 42.1. The number of methoxy groups -OCH3 is 1. The molecule has 0 aromatic heterocycles. The van der Waals surface area contributed by atoms with Crippen LogP contribution < -0.4 is 0 Å². The van der Waals surface area contributed by atoms with Crippen molar-refractivity contribution in [1.82, 2.24) is 0 Å². The lowest BCUT2D eigenvalue weighted by atomic mass is 9.67. The number of rotatable bonds is 31. The summed E-state index contributed by atoms with van der Waals surface area (Å²) in [6, 6.07) is 0. The number of hydrogen-bond donors (Lipinski definition) is 0. The van der Waals surface area contributed by atoms with Crippen molar-refractivity contribution in [3.05, 3.63) is 0 Å². The molecule has 0 heterocycles. The smallest absolute Gasteiger partial charge is 0.310 e. The van der Waals surface area contributed by atoms with Crippen molar-refractivity contribution < 1.29 is 56.9 Å². The third-order valence-electron chi connectivity index (χ3n) is 5.85. The Labute approximate surface area is 260 Å². The lowest BCUT2D eigenvalue weighted by molar-refractivity contribution is -0.159. The van der Waals surface area contributed by atoms with Crippen LogP contribution in [0, 0.1) is 16.7 Å². The van der Waals surface area contributed by atoms with Gasteiger partial charge in [-0.25, -0.2) is 0 Å². The molecule has 0 fully saturated rings. The topological polar surface area (TPSA) is 119 Å². The Morgan fingerprint density at radius 1 is 0.395 bits per heavy atom. The van der Waals surface area contributed by atoms with E-state index in [0.717, 1.165) is 0 Å². The van der Waals surface area contributed by atoms with Crippen LogP contribution in [0.1, 0.15) is 41.5 Å². The van der Waals surface area contributed by atoms with Gasteiger partial charge in [0.05, 0.1) is 131 Å². The Kier molecular flexibility index (Phi) is 27.9. The standard InChI is InChI=1S/C31H62O12/c1-30(2,3)28(31(4,5)6)29(32)43-27-26-42-25-24-41-23-22-40-21-20-39-19-18-38-17-16-37-15-14-36-13-12-35-11-10-34-9-8-33-7/h28H,8-27H2,1-7H3. The van der Waals surface area contributed by atoms with E-state index in [-0.39, 0.29) is 29.3 Å². The molecule has 258 valence electrons. The third-order valence-corrected chi connectivity index (χ3v) is 5.85. The molecule has 0 amide bonds. The van der Waals surface area contributed by atoms with Gasteiger partial charge in [-0.05, 0) is 10.8 Å². The summed E-state index contributed by atoms with van der Waals surface area (Å²) in [6.45, 7) is 22.2. The van der Waals surface area contributed by atoms with E-state index in [1.165, 1.54) is 0 Å². The summed E-state index contributed by atoms with van der Waals surface area (Å²) in [5.41, 5.74) is -0.337. The van der Waals surface area contributed by atoms with Crippen molar-refractivity contribution in [3.8, 4) is 0 Å². The minimum Gasteiger partial charge on any atom is -0.463 e. The van der Waals surface area contributed by atoms with Gasteiger partial charge in [0.25, 0.3) is 0 Å². The van der Waals surface area contributed by atoms with Gasteiger partial charge in [-0.1, -0.05) is 41.5 Å². The zero-order valence-electron chi connectivity index (χ0n) is 28.1. The van der Waals surface area contributed by atoms with Crippen LogP contribution in [0.15, 0.2) is 0 Å². The second-order valence-electron chi connectivity index (χ2n) is 11.8. The summed E-state index contributed by atoms with van der Waals surface area (Å²) in [5.74, 6) is -0.365. The van der Waals surface area contributed by atoms with Crippen molar-refractivity contribution >= 4 is 5.97 Å². The van der Waals surface area contributed by atoms with Gasteiger partial charge in [-0.15, -0.1) is 0 Å². The summed E-state index contributed by atoms with van der Waals surface area (Å²) in [4.78, 5) is 12.5. The van der Waals surface area contributed by atoms with Crippen LogP contribution in [0.5, 0.6) is 0 Å². The molecule has 0 rings (SSSR count). The van der Waals surface area contributed by atoms with Gasteiger partial charge < -0.3 is 52.1 Å². The van der Waals surface area contributed by atoms with E-state index in [1.54, 1.807) is 7.11 Å². The van der Waals surface area contributed by atoms with E-state index in [0.29, 0.717) is 126 Å². The van der Waals surface area contributed by atoms with Crippen molar-refractivity contribution in [2.75, 3.05) is 139 Å². The SMILES string of the molecule is COCCOCCOCCOCCOCCOCCOCCOCCOCCOCCOC(=O)C(C(C)(C)C)C(C)(C)C. The first-order chi connectivity index (χ1) is 20.6. The minimum absolute atomic E-state index is 0.169. The molecular weight excluding hydrogens is 564 g/mol. The fourth-order valence-corrected chi connectivity index (χ4v) is 4.29. The summed E-state index contributed by atoms with van der Waals surface area (Å²) in [6.07, 6.45) is 0. The Morgan fingerprint density at radius 3 is 0.814 bits per heavy atom. The molecule has 0 spiro atoms. The second-order valence-corrected chi connectivity index (χ2v) is 11.8. The molecule has 0 radical (unpaired) electrons. The maximum absolute atomic E-state index is 12.5. The molecular formula is C31H62O12. The predicted octanol–water partition coefficient (Wildman–Crippen LogP) is 3.03. The van der Waals surface area contributed by atoms with Crippen LogP contribution in [-0.2, 0) is 56.9 Å². The van der Waals surface area contributed by atoms with Crippen LogP contribution in [0.3, 0.4) is 0 Å². The molecule has 43 heavy (non-hydrogen) atoms. The van der Waals surface area contributed by atoms with Crippen LogP contribution in [0.25, 0.3) is 0 Å². The van der Waals surface area contributed by atoms with Gasteiger partial charge in [0.15, 0.2) is 0 Å². The number of hydrogen-bond acceptors (Lipinski definition) is 12. The summed E-state index contributed by atoms with van der Waals surface area (Å²) in [5, 5.41) is 0. The lowest BCUT2D eigenvalue weighted by Crippen LogP contribution is -2.40. The van der Waals surface area contributed by atoms with E-state index in [9.17, 15) is 4.79 Å². The molecule has 0 aromatic carbocycles. The van der Waals surface area contributed by atoms with Crippen molar-refractivity contribution in [1.29, 1.82) is 0 Å². The summed E-state index contributed by atoms with van der Waals surface area (Å²) >= 11 is 0. The van der Waals surface area contributed by atoms with Gasteiger partial charge in [0.1, 0.15) is 6.61 Å². The first-order valence-corrected chi connectivity index (χ1v) is 15.5. The van der Waals surface area contributed by atoms with Crippen LogP contribution in [0.2, 0.25) is 0 Å². The number of carbonyl (C=O) groups excluding carboxylic acids is 1. The normalized spacial score (nSPS) is 12.4. The van der Waals surface area contributed by atoms with Crippen LogP contribution >= 0.6 is 0 Å². The molecule has 12 heteroatoms. The van der Waals surface area contributed by atoms with E-state index in [1.807, 2.05) is 0 Å². The summed E-state index contributed by atoms with van der Waals surface area (Å²) in [7, 11) is 1.64. The Hall–Kier alpha value is -0.930. The van der Waals surface area contributed by atoms with Crippen molar-refractivity contribution in [3.63, 3.8) is 0 Å². The van der Waals surface area contributed by atoms with E-state index in [4.69, 9.17) is 52.1 Å². The maximum atomic E-state index is 12.5. The molecule has 0 N–H and O–H groups in total. The number of carbonyl (C=O) groups is 1. The molecule has 0 atom stereocenters. The molecule has 0 saturated heterocycles. The van der Waals surface area contributed by atoms with Gasteiger partial charge in [0.2, 0.25) is 0 Å². The first-order valence-electron chi connectivity index (χ1n) is 15.5. The molecule has 0 aliphatic rings. The molecule has 0 saturated carbocycles. The largest absolute Gasteiger partial charge is 0.463 e. The van der Waals surface area contributed by atoms with Crippen LogP contribution in [-0.4, -0.2) is 145 Å². The average molecular weight is 627 g/mol. The Bertz CT molecular complexity index is 593. The highest BCUT2D eigenvalue weighted by molar-refractivity contribution is 5.74. The van der Waals surface area contributed by atoms with E-state index >= 15 is 0 Å². The highest BCUT2D eigenvalue weighted by atomic mass is 16.6. The van der Waals surface area contributed by atoms with Gasteiger partial charge in [0, 0.05) is 7.11 Å². The fraction of sp³-hybridized carbons (Fsp3) is 0.968. The highest BCUT2D eigenvalue weighted by Crippen LogP contribution is 2.40. The van der Waals surface area contributed by atoms with Crippen molar-refractivity contribution in [2.24, 2.45) is 16.7 Å². The minimum atomic E-state index is -0.190. The average Bonchev–Trinajstić information content (AvgIpc) is 2.92. The lowest BCUT2D eigenvalue weighted by Gasteiger charge is -2.38. The quantitative estimate of drug-likeness (QED) is 0.0831. The number of esters is 1. The fourth-order valence-electron chi connectivity index (χ4n) is 4.29. The highest BCUT2D eigenvalue weighted by Gasteiger charge is 2.41. The van der Waals surface area contributed by atoms with Crippen LogP contribution in [0.4, 0.5) is 0 Å². The predicted molar refractivity (Wildman–Crippen MR) is 163 cm³/mol. The van der Waals surface area contributed by atoms with E-state index < -0.39 is 0 Å². The Morgan fingerprint density at radius 2 is 0.605 bits per heavy atom. The second kappa shape index (κ2) is 28.5. The molecule has 0 unspecified atom stereocenters. The zero-order chi connectivity index (χ0) is 32.1. The molecule has 12 nitrogen and oxygen atoms in total. The molecule has 0 aliphatic heterocycles. The van der Waals surface area contributed by atoms with Gasteiger partial charge in [-0.2, -0.15) is 0 Å². The number of ether oxygens (including phenoxy) is 11. The van der Waals surface area contributed by atoms with E-state index in [2.05, 4.69) is 41.5 Å². The zero-order valence-corrected chi connectivity index (χ0v) is 28.1. The molecule has 0 aliphatic carbocycles.